The van der Waals surface area contributed by atoms with Gasteiger partial charge in [0.25, 0.3) is 11.6 Å². The van der Waals surface area contributed by atoms with Gasteiger partial charge in [-0.1, -0.05) is 18.2 Å². The summed E-state index contributed by atoms with van der Waals surface area (Å²) in [7, 11) is 0. The highest BCUT2D eigenvalue weighted by Crippen LogP contribution is 2.27. The number of amides is 1. The van der Waals surface area contributed by atoms with Crippen LogP contribution >= 0.6 is 0 Å². The van der Waals surface area contributed by atoms with Gasteiger partial charge in [0.15, 0.2) is 0 Å². The fourth-order valence-corrected chi connectivity index (χ4v) is 2.72. The molecule has 0 radical (unpaired) electrons. The summed E-state index contributed by atoms with van der Waals surface area (Å²) in [6.07, 6.45) is 1.04. The lowest BCUT2D eigenvalue weighted by atomic mass is 9.88. The van der Waals surface area contributed by atoms with Crippen molar-refractivity contribution in [1.82, 2.24) is 10.3 Å². The van der Waals surface area contributed by atoms with E-state index in [1.54, 1.807) is 19.1 Å². The number of rotatable bonds is 9. The summed E-state index contributed by atoms with van der Waals surface area (Å²) >= 11 is 0. The molecule has 1 aromatic carbocycles. The normalized spacial score (nSPS) is 12.4. The molecular formula is C19H19N3O7. The van der Waals surface area contributed by atoms with E-state index in [0.717, 1.165) is 0 Å². The van der Waals surface area contributed by atoms with Gasteiger partial charge in [-0.15, -0.1) is 0 Å². The number of carbonyl (C=O) groups excluding carboxylic acids is 2. The number of nitrogens with one attached hydrogen (secondary N) is 1. The zero-order valence-corrected chi connectivity index (χ0v) is 15.5. The predicted molar refractivity (Wildman–Crippen MR) is 100 cm³/mol. The molecule has 0 bridgehead atoms. The van der Waals surface area contributed by atoms with Crippen molar-refractivity contribution in [3.05, 3.63) is 70.0 Å². The number of carbonyl (C=O) groups is 3. The van der Waals surface area contributed by atoms with Gasteiger partial charge in [0.05, 0.1) is 18.0 Å². The standard InChI is InChI=1S/C19H19N3O7/c1-2-29-16(23)11-14(12-6-8-13(9-7-12)22(27)28)17(19(25)26)21-18(24)15-5-3-4-10-20-15/h3-10,14,17H,2,11H2,1H3,(H,21,24)(H,25,26)/t14-,17-/m1/s1. The number of hydrogen-bond acceptors (Lipinski definition) is 7. The average Bonchev–Trinajstić information content (AvgIpc) is 2.71. The second-order valence-corrected chi connectivity index (χ2v) is 5.97. The second-order valence-electron chi connectivity index (χ2n) is 5.97. The maximum atomic E-state index is 12.4. The molecule has 0 aliphatic heterocycles. The van der Waals surface area contributed by atoms with Gasteiger partial charge in [0, 0.05) is 24.2 Å². The second kappa shape index (κ2) is 9.93. The molecule has 0 unspecified atom stereocenters. The first-order valence-electron chi connectivity index (χ1n) is 8.68. The number of nitro groups is 1. The Morgan fingerprint density at radius 3 is 2.41 bits per heavy atom. The van der Waals surface area contributed by atoms with Crippen molar-refractivity contribution in [2.75, 3.05) is 6.61 Å². The maximum Gasteiger partial charge on any atom is 0.326 e. The fraction of sp³-hybridized carbons (Fsp3) is 0.263. The summed E-state index contributed by atoms with van der Waals surface area (Å²) in [5.41, 5.74) is 0.155. The molecule has 0 fully saturated rings. The largest absolute Gasteiger partial charge is 0.480 e. The molecule has 0 saturated heterocycles. The summed E-state index contributed by atoms with van der Waals surface area (Å²) in [5, 5.41) is 22.9. The van der Waals surface area contributed by atoms with E-state index in [2.05, 4.69) is 10.3 Å². The zero-order chi connectivity index (χ0) is 21.4. The van der Waals surface area contributed by atoms with E-state index in [-0.39, 0.29) is 24.4 Å². The minimum atomic E-state index is -1.49. The van der Waals surface area contributed by atoms with Gasteiger partial charge in [-0.2, -0.15) is 0 Å². The Bertz CT molecular complexity index is 884. The molecule has 2 atom stereocenters. The minimum absolute atomic E-state index is 0.0114. The Morgan fingerprint density at radius 1 is 1.21 bits per heavy atom. The smallest absolute Gasteiger partial charge is 0.326 e. The van der Waals surface area contributed by atoms with Crippen LogP contribution in [0.15, 0.2) is 48.7 Å². The lowest BCUT2D eigenvalue weighted by molar-refractivity contribution is -0.384. The third kappa shape index (κ3) is 5.83. The van der Waals surface area contributed by atoms with E-state index < -0.39 is 34.7 Å². The van der Waals surface area contributed by atoms with Gasteiger partial charge in [0.1, 0.15) is 11.7 Å². The quantitative estimate of drug-likeness (QED) is 0.368. The molecule has 2 rings (SSSR count). The van der Waals surface area contributed by atoms with E-state index in [1.807, 2.05) is 0 Å². The number of aromatic nitrogens is 1. The lowest BCUT2D eigenvalue weighted by Gasteiger charge is -2.24. The SMILES string of the molecule is CCOC(=O)C[C@H](c1ccc([N+](=O)[O-])cc1)[C@@H](NC(=O)c1ccccn1)C(=O)O. The van der Waals surface area contributed by atoms with Gasteiger partial charge in [-0.05, 0) is 24.6 Å². The summed E-state index contributed by atoms with van der Waals surface area (Å²) in [6, 6.07) is 8.21. The van der Waals surface area contributed by atoms with Crippen LogP contribution in [0.5, 0.6) is 0 Å². The third-order valence-electron chi connectivity index (χ3n) is 4.08. The summed E-state index contributed by atoms with van der Waals surface area (Å²) in [4.78, 5) is 50.5. The number of benzene rings is 1. The van der Waals surface area contributed by atoms with Gasteiger partial charge in [-0.3, -0.25) is 24.7 Å². The molecule has 1 amide bonds. The first-order valence-corrected chi connectivity index (χ1v) is 8.68. The van der Waals surface area contributed by atoms with Crippen molar-refractivity contribution in [3.63, 3.8) is 0 Å². The van der Waals surface area contributed by atoms with E-state index in [1.165, 1.54) is 36.5 Å². The van der Waals surface area contributed by atoms with Crippen molar-refractivity contribution in [2.45, 2.75) is 25.3 Å². The molecule has 1 heterocycles. The van der Waals surface area contributed by atoms with Crippen LogP contribution in [0.3, 0.4) is 0 Å². The van der Waals surface area contributed by atoms with Gasteiger partial charge in [0.2, 0.25) is 0 Å². The lowest BCUT2D eigenvalue weighted by Crippen LogP contribution is -2.45. The molecule has 0 spiro atoms. The van der Waals surface area contributed by atoms with Gasteiger partial charge in [-0.25, -0.2) is 4.79 Å². The van der Waals surface area contributed by atoms with Gasteiger partial charge < -0.3 is 15.2 Å². The van der Waals surface area contributed by atoms with Crippen LogP contribution in [-0.4, -0.2) is 45.5 Å². The van der Waals surface area contributed by atoms with Crippen molar-refractivity contribution < 1.29 is 29.2 Å². The van der Waals surface area contributed by atoms with Crippen LogP contribution < -0.4 is 5.32 Å². The molecule has 0 saturated carbocycles. The fourth-order valence-electron chi connectivity index (χ4n) is 2.72. The predicted octanol–water partition coefficient (Wildman–Crippen LogP) is 1.91. The van der Waals surface area contributed by atoms with Crippen molar-refractivity contribution >= 4 is 23.5 Å². The molecule has 29 heavy (non-hydrogen) atoms. The van der Waals surface area contributed by atoms with Crippen LogP contribution in [0, 0.1) is 10.1 Å². The van der Waals surface area contributed by atoms with E-state index >= 15 is 0 Å². The summed E-state index contributed by atoms with van der Waals surface area (Å²) < 4.78 is 4.91. The van der Waals surface area contributed by atoms with Crippen LogP contribution in [0.2, 0.25) is 0 Å². The number of carboxylic acids is 1. The maximum absolute atomic E-state index is 12.4. The summed E-state index contributed by atoms with van der Waals surface area (Å²) in [5.74, 6) is -3.77. The van der Waals surface area contributed by atoms with E-state index in [0.29, 0.717) is 5.56 Å². The van der Waals surface area contributed by atoms with Crippen molar-refractivity contribution in [1.29, 1.82) is 0 Å². The number of esters is 1. The van der Waals surface area contributed by atoms with Crippen molar-refractivity contribution in [3.8, 4) is 0 Å². The molecule has 152 valence electrons. The number of nitrogens with zero attached hydrogens (tertiary/aromatic N) is 2. The highest BCUT2D eigenvalue weighted by molar-refractivity contribution is 5.95. The number of nitro benzene ring substituents is 1. The van der Waals surface area contributed by atoms with Crippen LogP contribution in [0.4, 0.5) is 5.69 Å². The molecular weight excluding hydrogens is 382 g/mol. The molecule has 0 aliphatic rings. The number of pyridine rings is 1. The third-order valence-corrected chi connectivity index (χ3v) is 4.08. The topological polar surface area (TPSA) is 149 Å². The van der Waals surface area contributed by atoms with E-state index in [9.17, 15) is 29.6 Å². The first kappa shape index (κ1) is 21.5. The number of aliphatic carboxylic acids is 1. The Kier molecular flexibility index (Phi) is 7.35. The highest BCUT2D eigenvalue weighted by Gasteiger charge is 2.34. The Labute approximate surface area is 165 Å². The number of ether oxygens (including phenoxy) is 1. The molecule has 1 aromatic heterocycles. The van der Waals surface area contributed by atoms with Crippen LogP contribution in [0.1, 0.15) is 35.3 Å². The van der Waals surface area contributed by atoms with E-state index in [4.69, 9.17) is 4.74 Å². The molecule has 2 aromatic rings. The number of non-ortho nitro benzene ring substituents is 1. The van der Waals surface area contributed by atoms with Crippen molar-refractivity contribution in [2.24, 2.45) is 0 Å². The minimum Gasteiger partial charge on any atom is -0.480 e. The molecule has 10 heteroatoms. The number of hydrogen-bond donors (Lipinski definition) is 2. The highest BCUT2D eigenvalue weighted by atomic mass is 16.6. The molecule has 2 N–H and O–H groups in total. The first-order chi connectivity index (χ1) is 13.8. The molecule has 10 nitrogen and oxygen atoms in total. The van der Waals surface area contributed by atoms with Crippen LogP contribution in [0.25, 0.3) is 0 Å². The van der Waals surface area contributed by atoms with Gasteiger partial charge >= 0.3 is 11.9 Å². The average molecular weight is 401 g/mol. The number of carboxylic acid groups (broad SMARTS) is 1. The summed E-state index contributed by atoms with van der Waals surface area (Å²) in [6.45, 7) is 1.71. The molecule has 0 aliphatic carbocycles. The Hall–Kier alpha value is -3.82. The monoisotopic (exact) mass is 401 g/mol. The van der Waals surface area contributed by atoms with Crippen LogP contribution in [-0.2, 0) is 14.3 Å². The Balaban J connectivity index is 2.36. The Morgan fingerprint density at radius 2 is 1.90 bits per heavy atom. The zero-order valence-electron chi connectivity index (χ0n) is 15.5.